The zero-order chi connectivity index (χ0) is 21.1. The third-order valence-corrected chi connectivity index (χ3v) is 6.41. The van der Waals surface area contributed by atoms with Gasteiger partial charge in [0.15, 0.2) is 4.34 Å². The zero-order valence-corrected chi connectivity index (χ0v) is 17.7. The molecule has 0 bridgehead atoms. The van der Waals surface area contributed by atoms with E-state index in [-0.39, 0.29) is 17.3 Å². The van der Waals surface area contributed by atoms with Crippen LogP contribution in [0, 0.1) is 0 Å². The summed E-state index contributed by atoms with van der Waals surface area (Å²) < 4.78 is 1.67. The number of H-pyrrole nitrogens is 1. The highest BCUT2D eigenvalue weighted by Gasteiger charge is 2.13. The van der Waals surface area contributed by atoms with E-state index in [1.807, 2.05) is 24.3 Å². The fraction of sp³-hybridized carbons (Fsp3) is 0.105. The van der Waals surface area contributed by atoms with Crippen molar-refractivity contribution in [3.05, 3.63) is 79.8 Å². The largest absolute Gasteiger partial charge is 0.299 e. The number of benzene rings is 2. The van der Waals surface area contributed by atoms with Gasteiger partial charge in [-0.3, -0.25) is 24.8 Å². The van der Waals surface area contributed by atoms with Gasteiger partial charge < -0.3 is 0 Å². The predicted octanol–water partition coefficient (Wildman–Crippen LogP) is 3.13. The summed E-state index contributed by atoms with van der Waals surface area (Å²) in [6, 6.07) is 14.0. The standard InChI is InChI=1S/C19H14ClN5O3S2/c20-12-7-5-11(6-8-12)10-29-19-23-22-18(30-19)21-15(26)9-25-17(28)14-4-2-1-3-13(14)16(27)24-25/h1-8H,9-10H2,(H,24,27)(H,21,22,26). The number of amides is 1. The molecule has 0 saturated heterocycles. The smallest absolute Gasteiger partial charge is 0.273 e. The second-order valence-corrected chi connectivity index (χ2v) is 8.85. The van der Waals surface area contributed by atoms with E-state index in [9.17, 15) is 14.4 Å². The van der Waals surface area contributed by atoms with Crippen molar-refractivity contribution in [1.29, 1.82) is 0 Å². The SMILES string of the molecule is O=C(Cn1[nH]c(=O)c2ccccc2c1=O)Nc1nnc(SCc2ccc(Cl)cc2)s1. The Labute approximate surface area is 182 Å². The highest BCUT2D eigenvalue weighted by atomic mass is 35.5. The van der Waals surface area contributed by atoms with Crippen molar-refractivity contribution in [2.75, 3.05) is 5.32 Å². The summed E-state index contributed by atoms with van der Waals surface area (Å²) in [7, 11) is 0. The Hall–Kier alpha value is -2.95. The molecule has 0 saturated carbocycles. The average molecular weight is 460 g/mol. The first-order valence-corrected chi connectivity index (χ1v) is 10.9. The maximum absolute atomic E-state index is 12.5. The summed E-state index contributed by atoms with van der Waals surface area (Å²) >= 11 is 8.59. The summed E-state index contributed by atoms with van der Waals surface area (Å²) in [5.74, 6) is 0.196. The summed E-state index contributed by atoms with van der Waals surface area (Å²) in [5.41, 5.74) is 0.205. The van der Waals surface area contributed by atoms with E-state index < -0.39 is 17.0 Å². The second kappa shape index (κ2) is 8.82. The van der Waals surface area contributed by atoms with Crippen LogP contribution >= 0.6 is 34.7 Å². The second-order valence-electron chi connectivity index (χ2n) is 6.21. The van der Waals surface area contributed by atoms with Crippen molar-refractivity contribution in [2.24, 2.45) is 0 Å². The number of hydrogen-bond acceptors (Lipinski definition) is 7. The lowest BCUT2D eigenvalue weighted by atomic mass is 10.2. The first-order valence-electron chi connectivity index (χ1n) is 8.72. The van der Waals surface area contributed by atoms with Crippen molar-refractivity contribution >= 4 is 56.5 Å². The van der Waals surface area contributed by atoms with E-state index in [1.54, 1.807) is 24.3 Å². The molecule has 0 fully saturated rings. The number of thioether (sulfide) groups is 1. The molecular weight excluding hydrogens is 446 g/mol. The molecule has 0 aliphatic rings. The van der Waals surface area contributed by atoms with Crippen molar-refractivity contribution < 1.29 is 4.79 Å². The third-order valence-electron chi connectivity index (χ3n) is 4.11. The molecule has 2 heterocycles. The number of halogens is 1. The van der Waals surface area contributed by atoms with Crippen LogP contribution in [-0.4, -0.2) is 25.9 Å². The number of nitrogens with one attached hydrogen (secondary N) is 2. The van der Waals surface area contributed by atoms with Gasteiger partial charge in [-0.2, -0.15) is 0 Å². The lowest BCUT2D eigenvalue weighted by Crippen LogP contribution is -2.34. The molecule has 8 nitrogen and oxygen atoms in total. The lowest BCUT2D eigenvalue weighted by Gasteiger charge is -2.06. The molecule has 30 heavy (non-hydrogen) atoms. The van der Waals surface area contributed by atoms with Crippen LogP contribution in [0.15, 0.2) is 62.5 Å². The summed E-state index contributed by atoms with van der Waals surface area (Å²) in [5, 5.41) is 14.6. The number of carbonyl (C=O) groups excluding carboxylic acids is 1. The monoisotopic (exact) mass is 459 g/mol. The van der Waals surface area contributed by atoms with Crippen molar-refractivity contribution in [3.63, 3.8) is 0 Å². The average Bonchev–Trinajstić information content (AvgIpc) is 3.18. The summed E-state index contributed by atoms with van der Waals surface area (Å²) in [4.78, 5) is 36.9. The van der Waals surface area contributed by atoms with Crippen LogP contribution in [0.3, 0.4) is 0 Å². The first-order chi connectivity index (χ1) is 14.5. The molecule has 0 aliphatic carbocycles. The van der Waals surface area contributed by atoms with Crippen LogP contribution < -0.4 is 16.4 Å². The van der Waals surface area contributed by atoms with Gasteiger partial charge in [-0.1, -0.05) is 59.0 Å². The maximum Gasteiger partial charge on any atom is 0.273 e. The molecule has 11 heteroatoms. The molecular formula is C19H14ClN5O3S2. The molecule has 0 atom stereocenters. The van der Waals surface area contributed by atoms with Crippen molar-refractivity contribution in [2.45, 2.75) is 16.6 Å². The highest BCUT2D eigenvalue weighted by molar-refractivity contribution is 8.00. The molecule has 152 valence electrons. The summed E-state index contributed by atoms with van der Waals surface area (Å²) in [6.07, 6.45) is 0. The van der Waals surface area contributed by atoms with Crippen molar-refractivity contribution in [3.8, 4) is 0 Å². The normalized spacial score (nSPS) is 11.0. The van der Waals surface area contributed by atoms with Gasteiger partial charge in [0.1, 0.15) is 6.54 Å². The zero-order valence-electron chi connectivity index (χ0n) is 15.3. The van der Waals surface area contributed by atoms with Gasteiger partial charge in [-0.05, 0) is 29.8 Å². The lowest BCUT2D eigenvalue weighted by molar-refractivity contribution is -0.117. The predicted molar refractivity (Wildman–Crippen MR) is 118 cm³/mol. The van der Waals surface area contributed by atoms with E-state index >= 15 is 0 Å². The number of hydrogen-bond donors (Lipinski definition) is 2. The van der Waals surface area contributed by atoms with Crippen LogP contribution in [0.25, 0.3) is 10.8 Å². The Bertz CT molecular complexity index is 1330. The first kappa shape index (κ1) is 20.3. The number of aromatic nitrogens is 4. The van der Waals surface area contributed by atoms with Gasteiger partial charge in [0, 0.05) is 10.8 Å². The topological polar surface area (TPSA) is 110 Å². The Morgan fingerprint density at radius 1 is 1.10 bits per heavy atom. The molecule has 0 aliphatic heterocycles. The van der Waals surface area contributed by atoms with E-state index in [0.29, 0.717) is 20.2 Å². The minimum atomic E-state index is -0.492. The van der Waals surface area contributed by atoms with Crippen LogP contribution in [0.4, 0.5) is 5.13 Å². The molecule has 4 aromatic rings. The molecule has 0 unspecified atom stereocenters. The number of carbonyl (C=O) groups is 1. The van der Waals surface area contributed by atoms with Crippen LogP contribution in [0.2, 0.25) is 5.02 Å². The minimum Gasteiger partial charge on any atom is -0.299 e. The Kier molecular flexibility index (Phi) is 5.98. The summed E-state index contributed by atoms with van der Waals surface area (Å²) in [6.45, 7) is -0.342. The van der Waals surface area contributed by atoms with Gasteiger partial charge in [-0.15, -0.1) is 10.2 Å². The minimum absolute atomic E-state index is 0.255. The number of fused-ring (bicyclic) bond motifs is 1. The van der Waals surface area contributed by atoms with Crippen LogP contribution in [0.1, 0.15) is 5.56 Å². The van der Waals surface area contributed by atoms with E-state index in [0.717, 1.165) is 10.2 Å². The molecule has 2 aromatic carbocycles. The van der Waals surface area contributed by atoms with E-state index in [4.69, 9.17) is 11.6 Å². The van der Waals surface area contributed by atoms with Gasteiger partial charge in [-0.25, -0.2) is 4.68 Å². The molecule has 2 aromatic heterocycles. The number of aromatic amines is 1. The van der Waals surface area contributed by atoms with Gasteiger partial charge in [0.2, 0.25) is 11.0 Å². The van der Waals surface area contributed by atoms with Crippen LogP contribution in [0.5, 0.6) is 0 Å². The molecule has 1 amide bonds. The Morgan fingerprint density at radius 3 is 2.60 bits per heavy atom. The van der Waals surface area contributed by atoms with Crippen molar-refractivity contribution in [1.82, 2.24) is 20.0 Å². The molecule has 4 rings (SSSR count). The quantitative estimate of drug-likeness (QED) is 0.338. The van der Waals surface area contributed by atoms with Gasteiger partial charge >= 0.3 is 0 Å². The number of anilines is 1. The fourth-order valence-corrected chi connectivity index (χ4v) is 4.55. The van der Waals surface area contributed by atoms with Gasteiger partial charge in [0.25, 0.3) is 11.1 Å². The highest BCUT2D eigenvalue weighted by Crippen LogP contribution is 2.28. The molecule has 0 spiro atoms. The van der Waals surface area contributed by atoms with E-state index in [2.05, 4.69) is 20.6 Å². The maximum atomic E-state index is 12.5. The Morgan fingerprint density at radius 2 is 1.83 bits per heavy atom. The van der Waals surface area contributed by atoms with Crippen LogP contribution in [-0.2, 0) is 17.1 Å². The fourth-order valence-electron chi connectivity index (χ4n) is 2.70. The number of nitrogens with zero attached hydrogens (tertiary/aromatic N) is 3. The molecule has 2 N–H and O–H groups in total. The van der Waals surface area contributed by atoms with Gasteiger partial charge in [0.05, 0.1) is 10.8 Å². The Balaban J connectivity index is 1.41. The number of rotatable bonds is 6. The van der Waals surface area contributed by atoms with E-state index in [1.165, 1.54) is 23.1 Å². The molecule has 0 radical (unpaired) electrons. The third kappa shape index (κ3) is 4.61.